The van der Waals surface area contributed by atoms with E-state index in [0.717, 1.165) is 5.69 Å². The van der Waals surface area contributed by atoms with Gasteiger partial charge in [0.1, 0.15) is 6.54 Å². The number of anilines is 1. The van der Waals surface area contributed by atoms with Gasteiger partial charge < -0.3 is 15.4 Å². The summed E-state index contributed by atoms with van der Waals surface area (Å²) in [7, 11) is 0. The maximum absolute atomic E-state index is 12.2. The lowest BCUT2D eigenvalue weighted by atomic mass is 10.2. The second kappa shape index (κ2) is 6.77. The van der Waals surface area contributed by atoms with E-state index in [4.69, 9.17) is 10.5 Å². The van der Waals surface area contributed by atoms with Crippen molar-refractivity contribution in [2.75, 3.05) is 25.4 Å². The Morgan fingerprint density at radius 2 is 2.05 bits per heavy atom. The van der Waals surface area contributed by atoms with Crippen LogP contribution in [-0.2, 0) is 16.0 Å². The number of aryl methyl sites for hydroxylation is 1. The van der Waals surface area contributed by atoms with Crippen LogP contribution >= 0.6 is 0 Å². The summed E-state index contributed by atoms with van der Waals surface area (Å²) < 4.78 is 4.82. The SMILES string of the molecule is CCOC(=O)CN(CC)C(=O)c1n[nH]c(CC)c1N. The molecule has 0 aliphatic heterocycles. The smallest absolute Gasteiger partial charge is 0.325 e. The summed E-state index contributed by atoms with van der Waals surface area (Å²) in [5, 5.41) is 6.64. The molecule has 7 nitrogen and oxygen atoms in total. The molecule has 0 saturated carbocycles. The summed E-state index contributed by atoms with van der Waals surface area (Å²) in [5.74, 6) is -0.813. The second-order valence-electron chi connectivity index (χ2n) is 3.94. The molecule has 0 saturated heterocycles. The summed E-state index contributed by atoms with van der Waals surface area (Å²) in [6, 6.07) is 0. The highest BCUT2D eigenvalue weighted by Gasteiger charge is 2.23. The van der Waals surface area contributed by atoms with E-state index in [1.54, 1.807) is 13.8 Å². The van der Waals surface area contributed by atoms with Crippen molar-refractivity contribution < 1.29 is 14.3 Å². The molecule has 3 N–H and O–H groups in total. The van der Waals surface area contributed by atoms with Gasteiger partial charge in [0.2, 0.25) is 0 Å². The van der Waals surface area contributed by atoms with Crippen molar-refractivity contribution in [3.63, 3.8) is 0 Å². The molecule has 0 unspecified atom stereocenters. The van der Waals surface area contributed by atoms with Crippen molar-refractivity contribution in [2.24, 2.45) is 0 Å². The molecular weight excluding hydrogens is 248 g/mol. The van der Waals surface area contributed by atoms with Crippen molar-refractivity contribution in [2.45, 2.75) is 27.2 Å². The molecule has 1 aromatic rings. The highest BCUT2D eigenvalue weighted by Crippen LogP contribution is 2.16. The van der Waals surface area contributed by atoms with Crippen molar-refractivity contribution in [3.8, 4) is 0 Å². The van der Waals surface area contributed by atoms with E-state index < -0.39 is 5.97 Å². The van der Waals surface area contributed by atoms with Gasteiger partial charge in [-0.25, -0.2) is 0 Å². The van der Waals surface area contributed by atoms with E-state index in [-0.39, 0.29) is 24.8 Å². The first-order valence-electron chi connectivity index (χ1n) is 6.32. The molecule has 106 valence electrons. The Morgan fingerprint density at radius 1 is 1.37 bits per heavy atom. The van der Waals surface area contributed by atoms with Gasteiger partial charge in [-0.3, -0.25) is 14.7 Å². The van der Waals surface area contributed by atoms with Crippen LogP contribution in [0, 0.1) is 0 Å². The maximum Gasteiger partial charge on any atom is 0.325 e. The normalized spacial score (nSPS) is 10.3. The molecule has 1 aromatic heterocycles. The number of nitrogen functional groups attached to an aromatic ring is 1. The summed E-state index contributed by atoms with van der Waals surface area (Å²) >= 11 is 0. The maximum atomic E-state index is 12.2. The quantitative estimate of drug-likeness (QED) is 0.735. The van der Waals surface area contributed by atoms with Crippen LogP contribution < -0.4 is 5.73 Å². The van der Waals surface area contributed by atoms with Crippen molar-refractivity contribution in [1.82, 2.24) is 15.1 Å². The average molecular weight is 268 g/mol. The van der Waals surface area contributed by atoms with Crippen molar-refractivity contribution in [1.29, 1.82) is 0 Å². The highest BCUT2D eigenvalue weighted by molar-refractivity contribution is 5.99. The van der Waals surface area contributed by atoms with Gasteiger partial charge in [-0.05, 0) is 20.3 Å². The molecule has 0 bridgehead atoms. The number of ether oxygens (including phenoxy) is 1. The Balaban J connectivity index is 2.83. The molecule has 0 spiro atoms. The van der Waals surface area contributed by atoms with E-state index in [1.807, 2.05) is 6.92 Å². The number of likely N-dealkylation sites (N-methyl/N-ethyl adjacent to an activating group) is 1. The van der Waals surface area contributed by atoms with Gasteiger partial charge in [-0.2, -0.15) is 5.10 Å². The predicted molar refractivity (Wildman–Crippen MR) is 70.6 cm³/mol. The molecule has 1 rings (SSSR count). The number of H-pyrrole nitrogens is 1. The van der Waals surface area contributed by atoms with E-state index in [9.17, 15) is 9.59 Å². The second-order valence-corrected chi connectivity index (χ2v) is 3.94. The lowest BCUT2D eigenvalue weighted by Crippen LogP contribution is -2.36. The number of aromatic amines is 1. The first kappa shape index (κ1) is 15.0. The Kier molecular flexibility index (Phi) is 5.35. The number of rotatable bonds is 6. The third kappa shape index (κ3) is 3.46. The van der Waals surface area contributed by atoms with Crippen LogP contribution in [-0.4, -0.2) is 46.7 Å². The number of carbonyl (C=O) groups is 2. The van der Waals surface area contributed by atoms with Crippen LogP contribution in [0.25, 0.3) is 0 Å². The molecule has 0 radical (unpaired) electrons. The molecular formula is C12H20N4O3. The third-order valence-corrected chi connectivity index (χ3v) is 2.73. The number of carbonyl (C=O) groups excluding carboxylic acids is 2. The summed E-state index contributed by atoms with van der Waals surface area (Å²) in [6.07, 6.45) is 0.663. The number of hydrogen-bond acceptors (Lipinski definition) is 5. The molecule has 1 amide bonds. The fourth-order valence-corrected chi connectivity index (χ4v) is 1.66. The van der Waals surface area contributed by atoms with Crippen molar-refractivity contribution in [3.05, 3.63) is 11.4 Å². The zero-order valence-corrected chi connectivity index (χ0v) is 11.5. The van der Waals surface area contributed by atoms with Crippen molar-refractivity contribution >= 4 is 17.6 Å². The summed E-state index contributed by atoms with van der Waals surface area (Å²) in [4.78, 5) is 25.0. The van der Waals surface area contributed by atoms with Gasteiger partial charge in [-0.1, -0.05) is 6.92 Å². The van der Waals surface area contributed by atoms with E-state index in [2.05, 4.69) is 10.2 Å². The predicted octanol–water partition coefficient (Wildman–Crippen LogP) is 0.580. The van der Waals surface area contributed by atoms with Gasteiger partial charge in [0.25, 0.3) is 5.91 Å². The highest BCUT2D eigenvalue weighted by atomic mass is 16.5. The van der Waals surface area contributed by atoms with Crippen LogP contribution in [0.3, 0.4) is 0 Å². The summed E-state index contributed by atoms with van der Waals surface area (Å²) in [5.41, 5.74) is 7.06. The topological polar surface area (TPSA) is 101 Å². The number of nitrogens with two attached hydrogens (primary N) is 1. The molecule has 0 fully saturated rings. The van der Waals surface area contributed by atoms with Gasteiger partial charge in [0.15, 0.2) is 5.69 Å². The number of hydrogen-bond donors (Lipinski definition) is 2. The Hall–Kier alpha value is -2.05. The average Bonchev–Trinajstić information content (AvgIpc) is 2.76. The van der Waals surface area contributed by atoms with Crippen LogP contribution in [0.5, 0.6) is 0 Å². The van der Waals surface area contributed by atoms with Crippen LogP contribution in [0.4, 0.5) is 5.69 Å². The zero-order chi connectivity index (χ0) is 14.4. The fraction of sp³-hybridized carbons (Fsp3) is 0.583. The van der Waals surface area contributed by atoms with E-state index in [1.165, 1.54) is 4.90 Å². The van der Waals surface area contributed by atoms with Crippen LogP contribution in [0.15, 0.2) is 0 Å². The first-order valence-corrected chi connectivity index (χ1v) is 6.32. The molecule has 0 aromatic carbocycles. The summed E-state index contributed by atoms with van der Waals surface area (Å²) in [6.45, 7) is 5.97. The van der Waals surface area contributed by atoms with Gasteiger partial charge >= 0.3 is 5.97 Å². The number of nitrogens with one attached hydrogen (secondary N) is 1. The number of esters is 1. The molecule has 1 heterocycles. The van der Waals surface area contributed by atoms with E-state index in [0.29, 0.717) is 18.7 Å². The van der Waals surface area contributed by atoms with E-state index >= 15 is 0 Å². The molecule has 0 atom stereocenters. The lowest BCUT2D eigenvalue weighted by Gasteiger charge is -2.18. The number of aromatic nitrogens is 2. The van der Waals surface area contributed by atoms with Gasteiger partial charge in [-0.15, -0.1) is 0 Å². The van der Waals surface area contributed by atoms with Crippen LogP contribution in [0.1, 0.15) is 37.0 Å². The standard InChI is InChI=1S/C12H20N4O3/c1-4-8-10(13)11(15-14-8)12(18)16(5-2)7-9(17)19-6-3/h4-7,13H2,1-3H3,(H,14,15). The third-order valence-electron chi connectivity index (χ3n) is 2.73. The monoisotopic (exact) mass is 268 g/mol. The lowest BCUT2D eigenvalue weighted by molar-refractivity contribution is -0.143. The zero-order valence-electron chi connectivity index (χ0n) is 11.5. The van der Waals surface area contributed by atoms with Gasteiger partial charge in [0.05, 0.1) is 18.0 Å². The minimum absolute atomic E-state index is 0.100. The van der Waals surface area contributed by atoms with Gasteiger partial charge in [0, 0.05) is 6.54 Å². The Bertz CT molecular complexity index is 456. The minimum Gasteiger partial charge on any atom is -0.465 e. The van der Waals surface area contributed by atoms with Crippen LogP contribution in [0.2, 0.25) is 0 Å². The molecule has 19 heavy (non-hydrogen) atoms. The first-order chi connectivity index (χ1) is 9.04. The Morgan fingerprint density at radius 3 is 2.53 bits per heavy atom. The number of amides is 1. The molecule has 7 heteroatoms. The molecule has 0 aliphatic carbocycles. The fourth-order valence-electron chi connectivity index (χ4n) is 1.66. The molecule has 0 aliphatic rings. The Labute approximate surface area is 112 Å². The largest absolute Gasteiger partial charge is 0.465 e. The number of nitrogens with zero attached hydrogens (tertiary/aromatic N) is 2. The minimum atomic E-state index is -0.442.